The monoisotopic (exact) mass is 182 g/mol. The fourth-order valence-corrected chi connectivity index (χ4v) is 2.45. The number of hydrogen-bond donors (Lipinski definition) is 0. The minimum atomic E-state index is 0.244. The van der Waals surface area contributed by atoms with E-state index in [9.17, 15) is 0 Å². The molecule has 0 aliphatic carbocycles. The van der Waals surface area contributed by atoms with Gasteiger partial charge in [-0.3, -0.25) is 9.89 Å². The van der Waals surface area contributed by atoms with Crippen molar-refractivity contribution in [3.05, 3.63) is 0 Å². The Hall–Kier alpha value is -0.370. The maximum atomic E-state index is 4.20. The first-order chi connectivity index (χ1) is 5.79. The van der Waals surface area contributed by atoms with E-state index < -0.39 is 0 Å². The van der Waals surface area contributed by atoms with E-state index in [0.29, 0.717) is 6.04 Å². The average molecular weight is 182 g/mol. The van der Waals surface area contributed by atoms with Crippen LogP contribution in [0.2, 0.25) is 0 Å². The molecule has 1 heterocycles. The lowest BCUT2D eigenvalue weighted by atomic mass is 9.78. The average Bonchev–Trinajstić information content (AvgIpc) is 1.99. The lowest BCUT2D eigenvalue weighted by Crippen LogP contribution is -2.59. The summed E-state index contributed by atoms with van der Waals surface area (Å²) in [6.07, 6.45) is 2.24. The van der Waals surface area contributed by atoms with Crippen LogP contribution in [0.15, 0.2) is 4.99 Å². The van der Waals surface area contributed by atoms with Crippen molar-refractivity contribution < 1.29 is 0 Å². The van der Waals surface area contributed by atoms with Crippen LogP contribution in [-0.2, 0) is 0 Å². The largest absolute Gasteiger partial charge is 0.297 e. The van der Waals surface area contributed by atoms with Gasteiger partial charge in [-0.2, -0.15) is 0 Å². The molecular weight excluding hydrogens is 160 g/mol. The second kappa shape index (κ2) is 3.09. The zero-order valence-corrected chi connectivity index (χ0v) is 9.59. The Labute approximate surface area is 82.0 Å². The highest BCUT2D eigenvalue weighted by Gasteiger charge is 2.42. The predicted molar refractivity (Wildman–Crippen MR) is 58.5 cm³/mol. The molecule has 2 nitrogen and oxygen atoms in total. The van der Waals surface area contributed by atoms with Crippen molar-refractivity contribution in [2.75, 3.05) is 7.05 Å². The van der Waals surface area contributed by atoms with Crippen LogP contribution in [0.25, 0.3) is 0 Å². The van der Waals surface area contributed by atoms with E-state index in [1.807, 2.05) is 0 Å². The van der Waals surface area contributed by atoms with Crippen molar-refractivity contribution in [1.82, 2.24) is 4.90 Å². The summed E-state index contributed by atoms with van der Waals surface area (Å²) in [6, 6.07) is 0.432. The second-order valence-corrected chi connectivity index (χ2v) is 5.43. The number of rotatable bonds is 1. The highest BCUT2D eigenvalue weighted by atomic mass is 15.2. The molecule has 0 radical (unpaired) electrons. The summed E-state index contributed by atoms with van der Waals surface area (Å²) in [5.74, 6) is 0. The van der Waals surface area contributed by atoms with Crippen molar-refractivity contribution in [3.8, 4) is 0 Å². The van der Waals surface area contributed by atoms with Crippen LogP contribution in [0, 0.1) is 0 Å². The molecule has 76 valence electrons. The molecule has 0 aromatic rings. The van der Waals surface area contributed by atoms with Gasteiger partial charge in [0.1, 0.15) is 0 Å². The Morgan fingerprint density at radius 1 is 1.15 bits per heavy atom. The van der Waals surface area contributed by atoms with Gasteiger partial charge >= 0.3 is 0 Å². The molecule has 1 fully saturated rings. The molecule has 1 rings (SSSR count). The van der Waals surface area contributed by atoms with Crippen LogP contribution < -0.4 is 0 Å². The Morgan fingerprint density at radius 3 is 1.85 bits per heavy atom. The van der Waals surface area contributed by atoms with Crippen LogP contribution in [0.5, 0.6) is 0 Å². The van der Waals surface area contributed by atoms with E-state index in [-0.39, 0.29) is 11.1 Å². The van der Waals surface area contributed by atoms with E-state index in [1.165, 1.54) is 0 Å². The fraction of sp³-hybridized carbons (Fsp3) is 0.909. The minimum Gasteiger partial charge on any atom is -0.297 e. The molecule has 1 saturated heterocycles. The number of piperidine rings is 1. The molecule has 0 bridgehead atoms. The van der Waals surface area contributed by atoms with Crippen LogP contribution in [0.4, 0.5) is 0 Å². The Balaban J connectivity index is 2.88. The number of likely N-dealkylation sites (tertiary alicyclic amines) is 1. The van der Waals surface area contributed by atoms with Gasteiger partial charge < -0.3 is 0 Å². The molecule has 1 aliphatic rings. The zero-order chi connectivity index (χ0) is 10.3. The van der Waals surface area contributed by atoms with Gasteiger partial charge in [-0.05, 0) is 54.3 Å². The molecular formula is C11H22N2. The summed E-state index contributed by atoms with van der Waals surface area (Å²) in [5.41, 5.74) is 0.487. The van der Waals surface area contributed by atoms with Crippen molar-refractivity contribution >= 4 is 6.72 Å². The molecule has 0 N–H and O–H groups in total. The third-order valence-electron chi connectivity index (χ3n) is 3.54. The molecule has 0 atom stereocenters. The Bertz CT molecular complexity index is 188. The highest BCUT2D eigenvalue weighted by Crippen LogP contribution is 2.37. The topological polar surface area (TPSA) is 15.6 Å². The number of hydrogen-bond acceptors (Lipinski definition) is 2. The SMILES string of the molecule is C=NC1CC(C)(C)N(C)C(C)(C)C1. The molecule has 0 unspecified atom stereocenters. The van der Waals surface area contributed by atoms with Crippen LogP contribution in [0.1, 0.15) is 40.5 Å². The first kappa shape index (κ1) is 10.7. The van der Waals surface area contributed by atoms with Crippen LogP contribution in [0.3, 0.4) is 0 Å². The van der Waals surface area contributed by atoms with Gasteiger partial charge in [0, 0.05) is 11.1 Å². The molecule has 0 amide bonds. The Morgan fingerprint density at radius 2 is 1.54 bits per heavy atom. The summed E-state index contributed by atoms with van der Waals surface area (Å²) in [7, 11) is 2.21. The molecule has 0 spiro atoms. The third-order valence-corrected chi connectivity index (χ3v) is 3.54. The zero-order valence-electron chi connectivity index (χ0n) is 9.59. The number of nitrogens with zero attached hydrogens (tertiary/aromatic N) is 2. The van der Waals surface area contributed by atoms with Gasteiger partial charge in [0.2, 0.25) is 0 Å². The molecule has 1 aliphatic heterocycles. The van der Waals surface area contributed by atoms with E-state index >= 15 is 0 Å². The summed E-state index contributed by atoms with van der Waals surface area (Å²) >= 11 is 0. The van der Waals surface area contributed by atoms with Crippen molar-refractivity contribution in [2.24, 2.45) is 4.99 Å². The summed E-state index contributed by atoms with van der Waals surface area (Å²) in [4.78, 5) is 6.66. The predicted octanol–water partition coefficient (Wildman–Crippen LogP) is 2.34. The van der Waals surface area contributed by atoms with E-state index in [0.717, 1.165) is 12.8 Å². The van der Waals surface area contributed by atoms with Gasteiger partial charge in [0.25, 0.3) is 0 Å². The normalized spacial score (nSPS) is 28.7. The summed E-state index contributed by atoms with van der Waals surface area (Å²) in [5, 5.41) is 0. The fourth-order valence-electron chi connectivity index (χ4n) is 2.45. The van der Waals surface area contributed by atoms with Crippen molar-refractivity contribution in [1.29, 1.82) is 0 Å². The van der Waals surface area contributed by atoms with Gasteiger partial charge in [-0.25, -0.2) is 0 Å². The van der Waals surface area contributed by atoms with E-state index in [4.69, 9.17) is 0 Å². The maximum absolute atomic E-state index is 4.20. The Kier molecular flexibility index (Phi) is 2.54. The van der Waals surface area contributed by atoms with E-state index in [1.54, 1.807) is 0 Å². The van der Waals surface area contributed by atoms with Crippen LogP contribution in [-0.4, -0.2) is 35.8 Å². The summed E-state index contributed by atoms with van der Waals surface area (Å²) in [6.45, 7) is 12.8. The van der Waals surface area contributed by atoms with Crippen molar-refractivity contribution in [3.63, 3.8) is 0 Å². The molecule has 2 heteroatoms. The smallest absolute Gasteiger partial charge is 0.0527 e. The molecule has 0 aromatic heterocycles. The van der Waals surface area contributed by atoms with Gasteiger partial charge in [0.15, 0.2) is 0 Å². The second-order valence-electron chi connectivity index (χ2n) is 5.43. The number of aliphatic imine (C=N–C) groups is 1. The lowest BCUT2D eigenvalue weighted by Gasteiger charge is -2.52. The van der Waals surface area contributed by atoms with Gasteiger partial charge in [-0.1, -0.05) is 0 Å². The summed E-state index contributed by atoms with van der Waals surface area (Å²) < 4.78 is 0. The van der Waals surface area contributed by atoms with Gasteiger partial charge in [0.05, 0.1) is 6.04 Å². The van der Waals surface area contributed by atoms with E-state index in [2.05, 4.69) is 51.4 Å². The molecule has 0 aromatic carbocycles. The lowest BCUT2D eigenvalue weighted by molar-refractivity contribution is -0.0105. The quantitative estimate of drug-likeness (QED) is 0.568. The molecule has 13 heavy (non-hydrogen) atoms. The van der Waals surface area contributed by atoms with Crippen molar-refractivity contribution in [2.45, 2.75) is 57.7 Å². The first-order valence-corrected chi connectivity index (χ1v) is 4.99. The maximum Gasteiger partial charge on any atom is 0.0527 e. The highest BCUT2D eigenvalue weighted by molar-refractivity contribution is 5.25. The van der Waals surface area contributed by atoms with Crippen LogP contribution >= 0.6 is 0 Å². The third kappa shape index (κ3) is 1.93. The first-order valence-electron chi connectivity index (χ1n) is 4.99. The van der Waals surface area contributed by atoms with Gasteiger partial charge in [-0.15, -0.1) is 0 Å². The minimum absolute atomic E-state index is 0.244. The molecule has 0 saturated carbocycles. The standard InChI is InChI=1S/C11H22N2/c1-10(2)7-9(12-5)8-11(3,4)13(10)6/h9H,5,7-8H2,1-4,6H3.